The summed E-state index contributed by atoms with van der Waals surface area (Å²) in [6, 6.07) is 15.4. The Balaban J connectivity index is 1.57. The van der Waals surface area contributed by atoms with E-state index < -0.39 is 0 Å². The van der Waals surface area contributed by atoms with Gasteiger partial charge in [-0.3, -0.25) is 0 Å². The average molecular weight is 346 g/mol. The zero-order valence-corrected chi connectivity index (χ0v) is 14.6. The van der Waals surface area contributed by atoms with E-state index in [0.29, 0.717) is 22.0 Å². The van der Waals surface area contributed by atoms with Gasteiger partial charge in [-0.05, 0) is 67.0 Å². The number of halogens is 2. The van der Waals surface area contributed by atoms with Crippen molar-refractivity contribution in [2.45, 2.75) is 37.6 Å². The van der Waals surface area contributed by atoms with E-state index >= 15 is 0 Å². The van der Waals surface area contributed by atoms with E-state index in [-0.39, 0.29) is 0 Å². The topological polar surface area (TPSA) is 12.0 Å². The maximum Gasteiger partial charge on any atom is 0.0595 e. The number of hydrogen-bond donors (Lipinski definition) is 1. The van der Waals surface area contributed by atoms with Crippen LogP contribution in [-0.4, -0.2) is 12.6 Å². The molecule has 0 heterocycles. The Kier molecular flexibility index (Phi) is 4.36. The Bertz CT molecular complexity index is 709. The second kappa shape index (κ2) is 6.47. The fourth-order valence-electron chi connectivity index (χ4n) is 3.70. The minimum Gasteiger partial charge on any atom is -0.313 e. The molecule has 0 aliphatic heterocycles. The molecule has 0 aromatic heterocycles. The van der Waals surface area contributed by atoms with Crippen LogP contribution in [-0.2, 0) is 12.8 Å². The summed E-state index contributed by atoms with van der Waals surface area (Å²) in [6.07, 6.45) is 4.93. The van der Waals surface area contributed by atoms with Crippen LogP contribution in [0.15, 0.2) is 42.5 Å². The minimum atomic E-state index is 0.516. The molecule has 2 aliphatic carbocycles. The monoisotopic (exact) mass is 345 g/mol. The summed E-state index contributed by atoms with van der Waals surface area (Å²) in [4.78, 5) is 0. The van der Waals surface area contributed by atoms with Crippen molar-refractivity contribution >= 4 is 23.2 Å². The largest absolute Gasteiger partial charge is 0.313 e. The van der Waals surface area contributed by atoms with Crippen LogP contribution in [0.5, 0.6) is 0 Å². The van der Waals surface area contributed by atoms with Crippen molar-refractivity contribution in [1.29, 1.82) is 0 Å². The Hall–Kier alpha value is -1.02. The Morgan fingerprint density at radius 1 is 1.00 bits per heavy atom. The molecular formula is C20H21Cl2N. The molecule has 1 fully saturated rings. The van der Waals surface area contributed by atoms with Crippen LogP contribution < -0.4 is 5.32 Å². The summed E-state index contributed by atoms with van der Waals surface area (Å²) in [5, 5.41) is 5.11. The molecule has 2 aliphatic rings. The van der Waals surface area contributed by atoms with Gasteiger partial charge in [-0.1, -0.05) is 53.5 Å². The van der Waals surface area contributed by atoms with Gasteiger partial charge in [0.25, 0.3) is 0 Å². The fraction of sp³-hybridized carbons (Fsp3) is 0.400. The molecule has 2 atom stereocenters. The van der Waals surface area contributed by atoms with E-state index in [1.807, 2.05) is 12.1 Å². The molecule has 120 valence electrons. The highest BCUT2D eigenvalue weighted by Gasteiger charge is 2.33. The van der Waals surface area contributed by atoms with Gasteiger partial charge in [0.05, 0.1) is 10.0 Å². The summed E-state index contributed by atoms with van der Waals surface area (Å²) < 4.78 is 0. The van der Waals surface area contributed by atoms with Crippen LogP contribution in [0.3, 0.4) is 0 Å². The van der Waals surface area contributed by atoms with E-state index in [0.717, 1.165) is 25.3 Å². The average Bonchev–Trinajstić information content (AvgIpc) is 3.32. The first-order valence-electron chi connectivity index (χ1n) is 8.46. The summed E-state index contributed by atoms with van der Waals surface area (Å²) in [6.45, 7) is 1.16. The van der Waals surface area contributed by atoms with Crippen LogP contribution >= 0.6 is 23.2 Å². The number of hydrogen-bond acceptors (Lipinski definition) is 1. The van der Waals surface area contributed by atoms with Gasteiger partial charge in [-0.15, -0.1) is 0 Å². The molecule has 0 amide bonds. The molecule has 1 saturated carbocycles. The van der Waals surface area contributed by atoms with Gasteiger partial charge in [0.2, 0.25) is 0 Å². The zero-order valence-electron chi connectivity index (χ0n) is 13.1. The maximum absolute atomic E-state index is 6.20. The van der Waals surface area contributed by atoms with Crippen molar-refractivity contribution in [2.24, 2.45) is 5.92 Å². The Morgan fingerprint density at radius 3 is 2.61 bits per heavy atom. The molecule has 4 rings (SSSR count). The molecule has 23 heavy (non-hydrogen) atoms. The minimum absolute atomic E-state index is 0.516. The zero-order chi connectivity index (χ0) is 15.8. The van der Waals surface area contributed by atoms with Crippen molar-refractivity contribution in [3.05, 3.63) is 69.2 Å². The highest BCUT2D eigenvalue weighted by Crippen LogP contribution is 2.37. The van der Waals surface area contributed by atoms with Crippen molar-refractivity contribution in [1.82, 2.24) is 5.32 Å². The van der Waals surface area contributed by atoms with E-state index in [1.165, 1.54) is 29.5 Å². The molecule has 1 N–H and O–H groups in total. The molecule has 0 saturated heterocycles. The molecule has 2 aromatic carbocycles. The number of fused-ring (bicyclic) bond motifs is 1. The summed E-state index contributed by atoms with van der Waals surface area (Å²) in [5.41, 5.74) is 4.25. The third kappa shape index (κ3) is 3.42. The molecule has 0 unspecified atom stereocenters. The fourth-order valence-corrected chi connectivity index (χ4v) is 4.03. The molecular weight excluding hydrogens is 325 g/mol. The van der Waals surface area contributed by atoms with Crippen LogP contribution in [0.1, 0.15) is 35.4 Å². The van der Waals surface area contributed by atoms with Crippen LogP contribution in [0, 0.1) is 5.92 Å². The second-order valence-corrected chi connectivity index (χ2v) is 7.73. The smallest absolute Gasteiger partial charge is 0.0595 e. The summed E-state index contributed by atoms with van der Waals surface area (Å²) >= 11 is 12.3. The van der Waals surface area contributed by atoms with Gasteiger partial charge in [-0.25, -0.2) is 0 Å². The molecule has 1 nitrogen and oxygen atoms in total. The lowest BCUT2D eigenvalue weighted by molar-refractivity contribution is 0.445. The molecule has 0 bridgehead atoms. The quantitative estimate of drug-likeness (QED) is 0.780. The summed E-state index contributed by atoms with van der Waals surface area (Å²) in [7, 11) is 0. The lowest BCUT2D eigenvalue weighted by atomic mass is 9.91. The van der Waals surface area contributed by atoms with E-state index in [9.17, 15) is 0 Å². The Labute approximate surface area is 148 Å². The number of benzene rings is 2. The van der Waals surface area contributed by atoms with Gasteiger partial charge in [0.1, 0.15) is 0 Å². The standard InChI is InChI=1S/C20H21Cl2N/c21-18-8-7-14(10-19(18)22)9-17-16-4-2-1-3-15(16)11-20(17)23-12-13-5-6-13/h1-4,7-8,10,13,17,20,23H,5-6,9,11-12H2/t17-,20+/m1/s1. The van der Waals surface area contributed by atoms with Crippen molar-refractivity contribution in [3.8, 4) is 0 Å². The van der Waals surface area contributed by atoms with Gasteiger partial charge < -0.3 is 5.32 Å². The molecule has 2 aromatic rings. The molecule has 3 heteroatoms. The van der Waals surface area contributed by atoms with Gasteiger partial charge in [0, 0.05) is 12.0 Å². The maximum atomic E-state index is 6.20. The lowest BCUT2D eigenvalue weighted by Gasteiger charge is -2.22. The first-order valence-corrected chi connectivity index (χ1v) is 9.21. The van der Waals surface area contributed by atoms with E-state index in [1.54, 1.807) is 0 Å². The first-order chi connectivity index (χ1) is 11.2. The third-order valence-corrected chi connectivity index (χ3v) is 5.92. The van der Waals surface area contributed by atoms with E-state index in [2.05, 4.69) is 35.6 Å². The van der Waals surface area contributed by atoms with Crippen LogP contribution in [0.4, 0.5) is 0 Å². The first kappa shape index (κ1) is 15.5. The number of nitrogens with one attached hydrogen (secondary N) is 1. The highest BCUT2D eigenvalue weighted by atomic mass is 35.5. The van der Waals surface area contributed by atoms with Crippen molar-refractivity contribution in [2.75, 3.05) is 6.54 Å². The SMILES string of the molecule is Clc1ccc(C[C@@H]2c3ccccc3C[C@@H]2NCC2CC2)cc1Cl. The van der Waals surface area contributed by atoms with Crippen molar-refractivity contribution in [3.63, 3.8) is 0 Å². The predicted molar refractivity (Wildman–Crippen MR) is 97.6 cm³/mol. The van der Waals surface area contributed by atoms with Gasteiger partial charge in [0.15, 0.2) is 0 Å². The molecule has 0 spiro atoms. The van der Waals surface area contributed by atoms with Gasteiger partial charge in [-0.2, -0.15) is 0 Å². The van der Waals surface area contributed by atoms with Gasteiger partial charge >= 0.3 is 0 Å². The molecule has 0 radical (unpaired) electrons. The normalized spacial score (nSPS) is 23.0. The van der Waals surface area contributed by atoms with E-state index in [4.69, 9.17) is 23.2 Å². The van der Waals surface area contributed by atoms with Crippen LogP contribution in [0.25, 0.3) is 0 Å². The Morgan fingerprint density at radius 2 is 1.83 bits per heavy atom. The van der Waals surface area contributed by atoms with Crippen LogP contribution in [0.2, 0.25) is 10.0 Å². The lowest BCUT2D eigenvalue weighted by Crippen LogP contribution is -2.35. The van der Waals surface area contributed by atoms with Crippen molar-refractivity contribution < 1.29 is 0 Å². The third-order valence-electron chi connectivity index (χ3n) is 5.19. The number of rotatable bonds is 5. The second-order valence-electron chi connectivity index (χ2n) is 6.92. The predicted octanol–water partition coefficient (Wildman–Crippen LogP) is 5.24. The highest BCUT2D eigenvalue weighted by molar-refractivity contribution is 6.42. The summed E-state index contributed by atoms with van der Waals surface area (Å²) in [5.74, 6) is 1.42.